The van der Waals surface area contributed by atoms with E-state index in [2.05, 4.69) is 116 Å². The molecule has 12 atom stereocenters. The smallest absolute Gasteiger partial charge is 0.220 e. The Morgan fingerprint density at radius 3 is 1.08 bits per heavy atom. The van der Waals surface area contributed by atoms with Gasteiger partial charge in [0.25, 0.3) is 0 Å². The molecule has 2 aliphatic rings. The molecular formula is C88H155NO13. The third kappa shape index (κ3) is 52.6. The molecule has 0 bridgehead atoms. The molecule has 0 aliphatic carbocycles. The Hall–Kier alpha value is -3.35. The van der Waals surface area contributed by atoms with Crippen LogP contribution in [0, 0.1) is 0 Å². The van der Waals surface area contributed by atoms with E-state index in [4.69, 9.17) is 18.9 Å². The zero-order valence-corrected chi connectivity index (χ0v) is 64.8. The van der Waals surface area contributed by atoms with Crippen molar-refractivity contribution in [3.05, 3.63) is 109 Å². The van der Waals surface area contributed by atoms with Crippen molar-refractivity contribution in [3.63, 3.8) is 0 Å². The molecule has 0 aromatic rings. The molecule has 2 saturated heterocycles. The summed E-state index contributed by atoms with van der Waals surface area (Å²) in [6.45, 7) is 2.70. The summed E-state index contributed by atoms with van der Waals surface area (Å²) in [5.41, 5.74) is 0. The van der Waals surface area contributed by atoms with Gasteiger partial charge in [-0.05, 0) is 96.3 Å². The first kappa shape index (κ1) is 94.7. The van der Waals surface area contributed by atoms with Gasteiger partial charge in [-0.1, -0.05) is 354 Å². The molecule has 0 aromatic carbocycles. The molecule has 0 radical (unpaired) electrons. The molecule has 2 fully saturated rings. The average Bonchev–Trinajstić information content (AvgIpc) is 0.790. The Labute approximate surface area is 623 Å². The summed E-state index contributed by atoms with van der Waals surface area (Å²) in [6.07, 6.45) is 86.1. The second-order valence-electron chi connectivity index (χ2n) is 29.2. The van der Waals surface area contributed by atoms with Crippen LogP contribution < -0.4 is 5.32 Å². The molecule has 12 unspecified atom stereocenters. The molecule has 102 heavy (non-hydrogen) atoms. The highest BCUT2D eigenvalue weighted by molar-refractivity contribution is 5.76. The predicted octanol–water partition coefficient (Wildman–Crippen LogP) is 19.8. The molecule has 590 valence electrons. The topological polar surface area (TPSA) is 228 Å². The zero-order valence-electron chi connectivity index (χ0n) is 64.8. The van der Waals surface area contributed by atoms with E-state index in [0.29, 0.717) is 12.8 Å². The fraction of sp³-hybridized carbons (Fsp3) is 0.784. The van der Waals surface area contributed by atoms with Crippen LogP contribution in [0.3, 0.4) is 0 Å². The van der Waals surface area contributed by atoms with Gasteiger partial charge in [0.15, 0.2) is 12.6 Å². The summed E-state index contributed by atoms with van der Waals surface area (Å²) in [6, 6.07) is -0.945. The van der Waals surface area contributed by atoms with E-state index in [-0.39, 0.29) is 18.9 Å². The molecule has 0 aromatic heterocycles. The third-order valence-electron chi connectivity index (χ3n) is 19.9. The van der Waals surface area contributed by atoms with Gasteiger partial charge in [0, 0.05) is 6.42 Å². The van der Waals surface area contributed by atoms with Crippen LogP contribution in [-0.4, -0.2) is 140 Å². The lowest BCUT2D eigenvalue weighted by molar-refractivity contribution is -0.359. The Balaban J connectivity index is 1.62. The number of aliphatic hydroxyl groups excluding tert-OH is 8. The van der Waals surface area contributed by atoms with E-state index in [1.165, 1.54) is 231 Å². The fourth-order valence-electron chi connectivity index (χ4n) is 13.3. The normalized spacial score (nSPS) is 22.2. The van der Waals surface area contributed by atoms with Gasteiger partial charge >= 0.3 is 0 Å². The van der Waals surface area contributed by atoms with Crippen LogP contribution in [0.4, 0.5) is 0 Å². The maximum Gasteiger partial charge on any atom is 0.220 e. The number of unbranched alkanes of at least 4 members (excludes halogenated alkanes) is 41. The monoisotopic (exact) mass is 1430 g/mol. The van der Waals surface area contributed by atoms with Gasteiger partial charge in [0.05, 0.1) is 32.0 Å². The highest BCUT2D eigenvalue weighted by Crippen LogP contribution is 2.30. The number of amides is 1. The molecular weight excluding hydrogens is 1280 g/mol. The lowest BCUT2D eigenvalue weighted by Crippen LogP contribution is -2.65. The highest BCUT2D eigenvalue weighted by atomic mass is 16.7. The summed E-state index contributed by atoms with van der Waals surface area (Å²) < 4.78 is 22.9. The molecule has 0 spiro atoms. The maximum atomic E-state index is 13.4. The van der Waals surface area contributed by atoms with Crippen LogP contribution in [-0.2, 0) is 23.7 Å². The van der Waals surface area contributed by atoms with Gasteiger partial charge in [-0.2, -0.15) is 0 Å². The number of nitrogens with one attached hydrogen (secondary N) is 1. The SMILES string of the molecule is CC/C=C\C/C=C\C/C=C\C/C=C\C/C=C\C/C=C\CCCCCCCCCCCCCCCCCCCCC(=O)NC(COC1OC(CO)C(OC2OC(CO)C(O)C(O)C2O)C(O)C1O)C(O)/C=C/CC/C=C/CC/C=C/CCCCCCCCCCCCCCCCCCCCCCC. The van der Waals surface area contributed by atoms with Crippen LogP contribution >= 0.6 is 0 Å². The van der Waals surface area contributed by atoms with Crippen molar-refractivity contribution < 1.29 is 64.6 Å². The van der Waals surface area contributed by atoms with Crippen molar-refractivity contribution in [3.8, 4) is 0 Å². The Morgan fingerprint density at radius 1 is 0.363 bits per heavy atom. The van der Waals surface area contributed by atoms with E-state index >= 15 is 0 Å². The van der Waals surface area contributed by atoms with Crippen molar-refractivity contribution in [2.75, 3.05) is 19.8 Å². The van der Waals surface area contributed by atoms with Crippen molar-refractivity contribution >= 4 is 5.91 Å². The second kappa shape index (κ2) is 70.6. The van der Waals surface area contributed by atoms with E-state index in [0.717, 1.165) is 83.5 Å². The minimum absolute atomic E-state index is 0.251. The number of hydrogen-bond acceptors (Lipinski definition) is 13. The summed E-state index contributed by atoms with van der Waals surface area (Å²) in [5.74, 6) is -0.251. The van der Waals surface area contributed by atoms with Gasteiger partial charge in [-0.15, -0.1) is 0 Å². The standard InChI is InChI=1S/C88H155NO13/c1-3-5-7-9-11-13-15-17-19-21-23-25-27-29-31-33-35-36-37-38-39-40-42-44-46-48-50-52-54-56-58-60-62-64-66-68-70-72-80(93)89-76(75-99-87-85(98)83(96)86(79(74-91)101-87)102-88-84(97)82(95)81(94)78(73-90)100-88)77(92)71-69-67-65-63-61-59-57-55-53-51-49-47-45-43-41-34-32-30-28-26-24-22-20-18-16-14-12-10-8-6-4-2/h5,7,11,13,17,19,23,25,29,31,35-36,53,55,61,63,69,71,76-79,81-88,90-92,94-98H,3-4,6,8-10,12,14-16,18,20-22,24,26-28,30,32-34,37-52,54,56-60,62,64-68,70,72-75H2,1-2H3,(H,89,93)/b7-5-,13-11-,19-17-,25-23-,31-29-,36-35-,55-53+,63-61+,71-69+. The Bertz CT molecular complexity index is 2140. The van der Waals surface area contributed by atoms with Crippen molar-refractivity contribution in [2.24, 2.45) is 0 Å². The average molecular weight is 1440 g/mol. The first-order chi connectivity index (χ1) is 50.1. The molecule has 2 rings (SSSR count). The van der Waals surface area contributed by atoms with Crippen LogP contribution in [0.1, 0.15) is 348 Å². The summed E-state index contributed by atoms with van der Waals surface area (Å²) in [7, 11) is 0. The highest BCUT2D eigenvalue weighted by Gasteiger charge is 2.51. The molecule has 14 nitrogen and oxygen atoms in total. The molecule has 2 heterocycles. The van der Waals surface area contributed by atoms with Gasteiger partial charge in [-0.25, -0.2) is 0 Å². The van der Waals surface area contributed by atoms with Crippen molar-refractivity contribution in [1.82, 2.24) is 5.32 Å². The summed E-state index contributed by atoms with van der Waals surface area (Å²) in [5, 5.41) is 87.7. The lowest BCUT2D eigenvalue weighted by Gasteiger charge is -2.46. The Morgan fingerprint density at radius 2 is 0.686 bits per heavy atom. The van der Waals surface area contributed by atoms with Crippen LogP contribution in [0.5, 0.6) is 0 Å². The van der Waals surface area contributed by atoms with E-state index in [9.17, 15) is 45.6 Å². The number of hydrogen-bond donors (Lipinski definition) is 9. The summed E-state index contributed by atoms with van der Waals surface area (Å²) in [4.78, 5) is 13.4. The second-order valence-corrected chi connectivity index (χ2v) is 29.2. The van der Waals surface area contributed by atoms with Crippen molar-refractivity contribution in [1.29, 1.82) is 0 Å². The molecule has 2 aliphatic heterocycles. The quantitative estimate of drug-likeness (QED) is 0.0204. The molecule has 14 heteroatoms. The summed E-state index contributed by atoms with van der Waals surface area (Å²) >= 11 is 0. The van der Waals surface area contributed by atoms with E-state index in [1.807, 2.05) is 6.08 Å². The number of carbonyl (C=O) groups excluding carboxylic acids is 1. The number of allylic oxidation sites excluding steroid dienone is 17. The van der Waals surface area contributed by atoms with Crippen LogP contribution in [0.25, 0.3) is 0 Å². The first-order valence-corrected chi connectivity index (χ1v) is 42.1. The van der Waals surface area contributed by atoms with Gasteiger partial charge in [0.1, 0.15) is 48.8 Å². The predicted molar refractivity (Wildman–Crippen MR) is 424 cm³/mol. The van der Waals surface area contributed by atoms with Gasteiger partial charge in [-0.3, -0.25) is 4.79 Å². The Kier molecular flexibility index (Phi) is 65.6. The van der Waals surface area contributed by atoms with Gasteiger partial charge in [0.2, 0.25) is 5.91 Å². The fourth-order valence-corrected chi connectivity index (χ4v) is 13.3. The number of ether oxygens (including phenoxy) is 4. The first-order valence-electron chi connectivity index (χ1n) is 42.1. The maximum absolute atomic E-state index is 13.4. The minimum atomic E-state index is -1.80. The minimum Gasteiger partial charge on any atom is -0.394 e. The van der Waals surface area contributed by atoms with Crippen LogP contribution in [0.15, 0.2) is 109 Å². The largest absolute Gasteiger partial charge is 0.394 e. The van der Waals surface area contributed by atoms with E-state index < -0.39 is 86.8 Å². The third-order valence-corrected chi connectivity index (χ3v) is 19.9. The zero-order chi connectivity index (χ0) is 73.7. The number of carbonyl (C=O) groups is 1. The molecule has 1 amide bonds. The molecule has 0 saturated carbocycles. The molecule has 9 N–H and O–H groups in total. The lowest BCUT2D eigenvalue weighted by atomic mass is 9.97. The van der Waals surface area contributed by atoms with E-state index in [1.54, 1.807) is 6.08 Å². The van der Waals surface area contributed by atoms with Gasteiger partial charge < -0.3 is 65.1 Å². The van der Waals surface area contributed by atoms with Crippen LogP contribution in [0.2, 0.25) is 0 Å². The number of aliphatic hydroxyl groups is 8. The van der Waals surface area contributed by atoms with Crippen molar-refractivity contribution in [2.45, 2.75) is 421 Å². The number of rotatable bonds is 70.